The average molecular weight is 343 g/mol. The molecule has 2 atom stereocenters. The SMILES string of the molecule is CC1CC1C(=O)NCCC(=O)Nc1cc(Br)ccc1F. The van der Waals surface area contributed by atoms with Gasteiger partial charge >= 0.3 is 0 Å². The van der Waals surface area contributed by atoms with Gasteiger partial charge in [0.2, 0.25) is 11.8 Å². The van der Waals surface area contributed by atoms with E-state index in [9.17, 15) is 14.0 Å². The molecule has 0 radical (unpaired) electrons. The predicted molar refractivity (Wildman–Crippen MR) is 77.6 cm³/mol. The lowest BCUT2D eigenvalue weighted by molar-refractivity contribution is -0.122. The van der Waals surface area contributed by atoms with Gasteiger partial charge < -0.3 is 10.6 Å². The normalized spacial score (nSPS) is 20.4. The molecule has 0 spiro atoms. The predicted octanol–water partition coefficient (Wildman–Crippen LogP) is 2.69. The number of hydrogen-bond acceptors (Lipinski definition) is 2. The van der Waals surface area contributed by atoms with Crippen LogP contribution < -0.4 is 10.6 Å². The Kier molecular flexibility index (Phi) is 4.75. The third-order valence-electron chi connectivity index (χ3n) is 3.30. The smallest absolute Gasteiger partial charge is 0.226 e. The van der Waals surface area contributed by atoms with Crippen molar-refractivity contribution < 1.29 is 14.0 Å². The minimum atomic E-state index is -0.489. The number of nitrogens with one attached hydrogen (secondary N) is 2. The Morgan fingerprint density at radius 2 is 2.15 bits per heavy atom. The molecule has 108 valence electrons. The largest absolute Gasteiger partial charge is 0.355 e. The van der Waals surface area contributed by atoms with Crippen LogP contribution in [0.2, 0.25) is 0 Å². The van der Waals surface area contributed by atoms with Gasteiger partial charge in [-0.05, 0) is 30.5 Å². The molecule has 0 saturated heterocycles. The Hall–Kier alpha value is -1.43. The van der Waals surface area contributed by atoms with E-state index in [-0.39, 0.29) is 36.4 Å². The van der Waals surface area contributed by atoms with Crippen LogP contribution in [-0.4, -0.2) is 18.4 Å². The zero-order valence-corrected chi connectivity index (χ0v) is 12.7. The van der Waals surface area contributed by atoms with Crippen molar-refractivity contribution in [3.05, 3.63) is 28.5 Å². The summed E-state index contributed by atoms with van der Waals surface area (Å²) < 4.78 is 14.1. The van der Waals surface area contributed by atoms with E-state index in [0.29, 0.717) is 10.4 Å². The molecule has 2 amide bonds. The fraction of sp³-hybridized carbons (Fsp3) is 0.429. The van der Waals surface area contributed by atoms with Gasteiger partial charge in [-0.3, -0.25) is 9.59 Å². The molecule has 0 heterocycles. The van der Waals surface area contributed by atoms with Crippen LogP contribution in [0.5, 0.6) is 0 Å². The van der Waals surface area contributed by atoms with Crippen LogP contribution in [-0.2, 0) is 9.59 Å². The van der Waals surface area contributed by atoms with Crippen LogP contribution >= 0.6 is 15.9 Å². The molecule has 20 heavy (non-hydrogen) atoms. The molecule has 1 aliphatic rings. The van der Waals surface area contributed by atoms with Crippen LogP contribution in [0.15, 0.2) is 22.7 Å². The lowest BCUT2D eigenvalue weighted by Crippen LogP contribution is -2.29. The minimum absolute atomic E-state index is 0.000985. The summed E-state index contributed by atoms with van der Waals surface area (Å²) in [5, 5.41) is 5.20. The van der Waals surface area contributed by atoms with Crippen LogP contribution in [0.1, 0.15) is 19.8 Å². The van der Waals surface area contributed by atoms with Gasteiger partial charge in [-0.25, -0.2) is 4.39 Å². The highest BCUT2D eigenvalue weighted by Crippen LogP contribution is 2.37. The molecular formula is C14H16BrFN2O2. The summed E-state index contributed by atoms with van der Waals surface area (Å²) in [4.78, 5) is 23.2. The molecule has 2 N–H and O–H groups in total. The third-order valence-corrected chi connectivity index (χ3v) is 3.79. The van der Waals surface area contributed by atoms with Gasteiger partial charge in [0, 0.05) is 23.4 Å². The van der Waals surface area contributed by atoms with Crippen molar-refractivity contribution in [2.24, 2.45) is 11.8 Å². The van der Waals surface area contributed by atoms with Gasteiger partial charge in [-0.1, -0.05) is 22.9 Å². The monoisotopic (exact) mass is 342 g/mol. The highest BCUT2D eigenvalue weighted by Gasteiger charge is 2.38. The van der Waals surface area contributed by atoms with E-state index in [4.69, 9.17) is 0 Å². The van der Waals surface area contributed by atoms with Crippen molar-refractivity contribution in [1.29, 1.82) is 0 Å². The first-order valence-corrected chi connectivity index (χ1v) is 7.29. The maximum absolute atomic E-state index is 13.4. The first kappa shape index (κ1) is 15.0. The number of halogens is 2. The lowest BCUT2D eigenvalue weighted by Gasteiger charge is -2.08. The molecule has 1 saturated carbocycles. The quantitative estimate of drug-likeness (QED) is 0.864. The van der Waals surface area contributed by atoms with E-state index < -0.39 is 5.82 Å². The van der Waals surface area contributed by atoms with Gasteiger partial charge in [0.05, 0.1) is 5.69 Å². The van der Waals surface area contributed by atoms with Crippen LogP contribution in [0, 0.1) is 17.7 Å². The number of benzene rings is 1. The summed E-state index contributed by atoms with van der Waals surface area (Å²) >= 11 is 3.21. The molecule has 2 rings (SSSR count). The fourth-order valence-corrected chi connectivity index (χ4v) is 2.28. The molecule has 6 heteroatoms. The summed E-state index contributed by atoms with van der Waals surface area (Å²) in [7, 11) is 0. The van der Waals surface area contributed by atoms with Crippen molar-refractivity contribution in [3.8, 4) is 0 Å². The van der Waals surface area contributed by atoms with Gasteiger partial charge in [0.15, 0.2) is 0 Å². The Labute approximate surface area is 125 Å². The van der Waals surface area contributed by atoms with E-state index in [0.717, 1.165) is 6.42 Å². The highest BCUT2D eigenvalue weighted by atomic mass is 79.9. The molecule has 4 nitrogen and oxygen atoms in total. The van der Waals surface area contributed by atoms with E-state index in [2.05, 4.69) is 26.6 Å². The fourth-order valence-electron chi connectivity index (χ4n) is 1.92. The van der Waals surface area contributed by atoms with E-state index in [1.54, 1.807) is 6.07 Å². The summed E-state index contributed by atoms with van der Waals surface area (Å²) in [5.74, 6) is -0.275. The summed E-state index contributed by atoms with van der Waals surface area (Å²) in [6, 6.07) is 4.33. The second-order valence-electron chi connectivity index (χ2n) is 5.03. The van der Waals surface area contributed by atoms with Crippen LogP contribution in [0.3, 0.4) is 0 Å². The van der Waals surface area contributed by atoms with Crippen molar-refractivity contribution in [2.75, 3.05) is 11.9 Å². The molecule has 1 aliphatic carbocycles. The molecule has 1 fully saturated rings. The molecule has 0 bridgehead atoms. The maximum atomic E-state index is 13.4. The third kappa shape index (κ3) is 4.03. The Morgan fingerprint density at radius 1 is 1.45 bits per heavy atom. The number of carbonyl (C=O) groups excluding carboxylic acids is 2. The van der Waals surface area contributed by atoms with Gasteiger partial charge in [0.25, 0.3) is 0 Å². The first-order valence-electron chi connectivity index (χ1n) is 6.50. The summed E-state index contributed by atoms with van der Waals surface area (Å²) in [6.07, 6.45) is 1.04. The molecule has 0 aromatic heterocycles. The van der Waals surface area contributed by atoms with Crippen molar-refractivity contribution >= 4 is 33.4 Å². The van der Waals surface area contributed by atoms with Crippen molar-refractivity contribution in [3.63, 3.8) is 0 Å². The Bertz CT molecular complexity index is 536. The first-order chi connectivity index (χ1) is 9.47. The number of anilines is 1. The minimum Gasteiger partial charge on any atom is -0.355 e. The van der Waals surface area contributed by atoms with Gasteiger partial charge in [-0.2, -0.15) is 0 Å². The van der Waals surface area contributed by atoms with Crippen molar-refractivity contribution in [2.45, 2.75) is 19.8 Å². The molecular weight excluding hydrogens is 327 g/mol. The second-order valence-corrected chi connectivity index (χ2v) is 5.95. The summed E-state index contributed by atoms with van der Waals surface area (Å²) in [6.45, 7) is 2.29. The molecule has 1 aromatic carbocycles. The molecule has 1 aromatic rings. The van der Waals surface area contributed by atoms with E-state index in [1.165, 1.54) is 12.1 Å². The van der Waals surface area contributed by atoms with Crippen LogP contribution in [0.25, 0.3) is 0 Å². The van der Waals surface area contributed by atoms with E-state index >= 15 is 0 Å². The number of hydrogen-bond donors (Lipinski definition) is 2. The number of rotatable bonds is 5. The molecule has 0 aliphatic heterocycles. The average Bonchev–Trinajstić information content (AvgIpc) is 3.11. The van der Waals surface area contributed by atoms with Gasteiger partial charge in [-0.15, -0.1) is 0 Å². The standard InChI is InChI=1S/C14H16BrFN2O2/c1-8-6-10(8)14(20)17-5-4-13(19)18-12-7-9(15)2-3-11(12)16/h2-3,7-8,10H,4-6H2,1H3,(H,17,20)(H,18,19). The van der Waals surface area contributed by atoms with Crippen molar-refractivity contribution in [1.82, 2.24) is 5.32 Å². The Morgan fingerprint density at radius 3 is 2.80 bits per heavy atom. The lowest BCUT2D eigenvalue weighted by atomic mass is 10.3. The Balaban J connectivity index is 1.75. The van der Waals surface area contributed by atoms with Gasteiger partial charge in [0.1, 0.15) is 5.82 Å². The second kappa shape index (κ2) is 6.35. The number of carbonyl (C=O) groups is 2. The highest BCUT2D eigenvalue weighted by molar-refractivity contribution is 9.10. The van der Waals surface area contributed by atoms with Crippen LogP contribution in [0.4, 0.5) is 10.1 Å². The summed E-state index contributed by atoms with van der Waals surface area (Å²) in [5.41, 5.74) is 0.131. The zero-order valence-electron chi connectivity index (χ0n) is 11.1. The maximum Gasteiger partial charge on any atom is 0.226 e. The molecule has 2 unspecified atom stereocenters. The number of amides is 2. The topological polar surface area (TPSA) is 58.2 Å². The zero-order chi connectivity index (χ0) is 14.7. The van der Waals surface area contributed by atoms with E-state index in [1.807, 2.05) is 6.92 Å².